The van der Waals surface area contributed by atoms with Crippen LogP contribution in [0.4, 0.5) is 0 Å². The van der Waals surface area contributed by atoms with Crippen molar-refractivity contribution in [3.05, 3.63) is 70.7 Å². The van der Waals surface area contributed by atoms with Crippen molar-refractivity contribution in [1.29, 1.82) is 0 Å². The maximum Gasteiger partial charge on any atom is 0.419 e. The van der Waals surface area contributed by atoms with Crippen LogP contribution < -0.4 is 0 Å². The third kappa shape index (κ3) is 3.05. The van der Waals surface area contributed by atoms with Crippen molar-refractivity contribution in [2.45, 2.75) is 0 Å². The Morgan fingerprint density at radius 1 is 1.06 bits per heavy atom. The molecule has 0 fully saturated rings. The van der Waals surface area contributed by atoms with E-state index in [0.717, 1.165) is 5.56 Å². The van der Waals surface area contributed by atoms with Crippen LogP contribution in [0.5, 0.6) is 0 Å². The summed E-state index contributed by atoms with van der Waals surface area (Å²) >= 11 is 5.79. The molecule has 0 heterocycles. The van der Waals surface area contributed by atoms with Crippen molar-refractivity contribution in [2.24, 2.45) is 0 Å². The average molecular weight is 259 g/mol. The van der Waals surface area contributed by atoms with Gasteiger partial charge < -0.3 is 0 Å². The first-order valence-corrected chi connectivity index (χ1v) is 5.97. The molecule has 0 saturated heterocycles. The second-order valence-corrected chi connectivity index (χ2v) is 4.40. The lowest BCUT2D eigenvalue weighted by Crippen LogP contribution is -2.17. The Balaban J connectivity index is 2.24. The van der Waals surface area contributed by atoms with Crippen molar-refractivity contribution < 1.29 is 9.37 Å². The molecular formula is C15H13ClNO+. The summed E-state index contributed by atoms with van der Waals surface area (Å²) in [5.74, 6) is -0.0597. The number of hydrogen-bond donors (Lipinski definition) is 0. The van der Waals surface area contributed by atoms with Crippen LogP contribution in [0.2, 0.25) is 5.02 Å². The Bertz CT molecular complexity index is 573. The summed E-state index contributed by atoms with van der Waals surface area (Å²) in [5.41, 5.74) is 1.61. The standard InChI is InChI=1S/C15H13ClNO/c1-17(11-12-5-3-2-4-6-12)15(18)13-7-9-14(16)10-8-13/h2-11H,1H3/q+1. The largest absolute Gasteiger partial charge is 0.419 e. The van der Waals surface area contributed by atoms with Gasteiger partial charge in [-0.3, -0.25) is 0 Å². The van der Waals surface area contributed by atoms with E-state index in [1.807, 2.05) is 30.3 Å². The molecule has 2 nitrogen and oxygen atoms in total. The molecule has 2 aromatic rings. The van der Waals surface area contributed by atoms with Crippen molar-refractivity contribution in [2.75, 3.05) is 7.05 Å². The summed E-state index contributed by atoms with van der Waals surface area (Å²) in [5, 5.41) is 0.626. The van der Waals surface area contributed by atoms with Crippen molar-refractivity contribution >= 4 is 23.7 Å². The van der Waals surface area contributed by atoms with E-state index < -0.39 is 0 Å². The number of amides is 1. The van der Waals surface area contributed by atoms with Crippen LogP contribution in [0.3, 0.4) is 0 Å². The molecule has 0 aliphatic rings. The second kappa shape index (κ2) is 5.61. The number of carbonyl (C=O) groups excluding carboxylic acids is 1. The zero-order valence-electron chi connectivity index (χ0n) is 10.0. The summed E-state index contributed by atoms with van der Waals surface area (Å²) in [7, 11) is 1.74. The highest BCUT2D eigenvalue weighted by atomic mass is 35.5. The Hall–Kier alpha value is -1.93. The molecule has 1 amide bonds. The van der Waals surface area contributed by atoms with Gasteiger partial charge in [-0.25, -0.2) is 4.79 Å². The molecule has 0 aliphatic carbocycles. The van der Waals surface area contributed by atoms with Gasteiger partial charge in [-0.15, -0.1) is 0 Å². The van der Waals surface area contributed by atoms with Crippen LogP contribution in [-0.4, -0.2) is 23.7 Å². The van der Waals surface area contributed by atoms with Crippen LogP contribution >= 0.6 is 11.6 Å². The highest BCUT2D eigenvalue weighted by Gasteiger charge is 2.15. The number of nitrogens with zero attached hydrogens (tertiary/aromatic N) is 1. The predicted molar refractivity (Wildman–Crippen MR) is 73.6 cm³/mol. The van der Waals surface area contributed by atoms with E-state index in [1.165, 1.54) is 0 Å². The van der Waals surface area contributed by atoms with E-state index in [-0.39, 0.29) is 5.91 Å². The van der Waals surface area contributed by atoms with Gasteiger partial charge in [0.15, 0.2) is 6.21 Å². The van der Waals surface area contributed by atoms with Gasteiger partial charge >= 0.3 is 5.91 Å². The molecule has 2 aromatic carbocycles. The van der Waals surface area contributed by atoms with Crippen LogP contribution in [-0.2, 0) is 0 Å². The third-order valence-electron chi connectivity index (χ3n) is 2.55. The molecule has 18 heavy (non-hydrogen) atoms. The molecule has 0 atom stereocenters. The first-order valence-electron chi connectivity index (χ1n) is 5.59. The van der Waals surface area contributed by atoms with Crippen LogP contribution in [0.25, 0.3) is 0 Å². The summed E-state index contributed by atoms with van der Waals surface area (Å²) in [6.07, 6.45) is 1.80. The Kier molecular flexibility index (Phi) is 3.90. The van der Waals surface area contributed by atoms with E-state index in [9.17, 15) is 4.79 Å². The molecule has 0 bridgehead atoms. The fourth-order valence-electron chi connectivity index (χ4n) is 1.62. The molecule has 0 radical (unpaired) electrons. The maximum absolute atomic E-state index is 12.1. The van der Waals surface area contributed by atoms with Crippen LogP contribution in [0, 0.1) is 0 Å². The van der Waals surface area contributed by atoms with Gasteiger partial charge in [-0.2, -0.15) is 4.58 Å². The first kappa shape index (κ1) is 12.5. The normalized spacial score (nSPS) is 11.3. The van der Waals surface area contributed by atoms with Gasteiger partial charge in [0.25, 0.3) is 0 Å². The molecule has 3 heteroatoms. The van der Waals surface area contributed by atoms with Gasteiger partial charge in [0.1, 0.15) is 7.05 Å². The Morgan fingerprint density at radius 3 is 2.28 bits per heavy atom. The predicted octanol–water partition coefficient (Wildman–Crippen LogP) is 3.24. The van der Waals surface area contributed by atoms with E-state index >= 15 is 0 Å². The van der Waals surface area contributed by atoms with Crippen molar-refractivity contribution in [1.82, 2.24) is 0 Å². The third-order valence-corrected chi connectivity index (χ3v) is 2.81. The number of carbonyl (C=O) groups is 1. The number of halogens is 1. The van der Waals surface area contributed by atoms with Crippen LogP contribution in [0.15, 0.2) is 54.6 Å². The fraction of sp³-hybridized carbons (Fsp3) is 0.0667. The summed E-state index contributed by atoms with van der Waals surface area (Å²) < 4.78 is 1.57. The molecule has 0 N–H and O–H groups in total. The van der Waals surface area contributed by atoms with E-state index in [4.69, 9.17) is 11.6 Å². The van der Waals surface area contributed by atoms with Gasteiger partial charge in [0, 0.05) is 10.6 Å². The quantitative estimate of drug-likeness (QED) is 0.598. The van der Waals surface area contributed by atoms with Crippen LogP contribution in [0.1, 0.15) is 15.9 Å². The first-order chi connectivity index (χ1) is 8.66. The smallest absolute Gasteiger partial charge is 0.214 e. The molecule has 0 saturated carbocycles. The van der Waals surface area contributed by atoms with Crippen molar-refractivity contribution in [3.63, 3.8) is 0 Å². The van der Waals surface area contributed by atoms with Gasteiger partial charge in [0.2, 0.25) is 0 Å². The fourth-order valence-corrected chi connectivity index (χ4v) is 1.74. The maximum atomic E-state index is 12.1. The topological polar surface area (TPSA) is 20.1 Å². The van der Waals surface area contributed by atoms with E-state index in [2.05, 4.69) is 0 Å². The SMILES string of the molecule is C[N+](=Cc1ccccc1)C(=O)c1ccc(Cl)cc1. The zero-order chi connectivity index (χ0) is 13.0. The van der Waals surface area contributed by atoms with E-state index in [1.54, 1.807) is 42.1 Å². The molecular weight excluding hydrogens is 246 g/mol. The van der Waals surface area contributed by atoms with E-state index in [0.29, 0.717) is 10.6 Å². The molecule has 0 aromatic heterocycles. The number of rotatable bonds is 2. The highest BCUT2D eigenvalue weighted by Crippen LogP contribution is 2.10. The second-order valence-electron chi connectivity index (χ2n) is 3.96. The monoisotopic (exact) mass is 258 g/mol. The molecule has 90 valence electrons. The summed E-state index contributed by atoms with van der Waals surface area (Å²) in [4.78, 5) is 12.1. The lowest BCUT2D eigenvalue weighted by molar-refractivity contribution is -0.388. The van der Waals surface area contributed by atoms with Gasteiger partial charge in [-0.05, 0) is 36.4 Å². The van der Waals surface area contributed by atoms with Gasteiger partial charge in [0.05, 0.1) is 5.56 Å². The summed E-state index contributed by atoms with van der Waals surface area (Å²) in [6, 6.07) is 16.6. The molecule has 0 spiro atoms. The minimum absolute atomic E-state index is 0.0597. The highest BCUT2D eigenvalue weighted by molar-refractivity contribution is 6.30. The number of benzene rings is 2. The minimum atomic E-state index is -0.0597. The molecule has 2 rings (SSSR count). The summed E-state index contributed by atoms with van der Waals surface area (Å²) in [6.45, 7) is 0. The lowest BCUT2D eigenvalue weighted by atomic mass is 10.2. The number of hydrogen-bond acceptors (Lipinski definition) is 1. The molecule has 0 aliphatic heterocycles. The Labute approximate surface area is 111 Å². The lowest BCUT2D eigenvalue weighted by Gasteiger charge is -1.97. The van der Waals surface area contributed by atoms with Crippen molar-refractivity contribution in [3.8, 4) is 0 Å². The molecule has 0 unspecified atom stereocenters. The Morgan fingerprint density at radius 2 is 1.67 bits per heavy atom. The van der Waals surface area contributed by atoms with Gasteiger partial charge in [-0.1, -0.05) is 29.8 Å². The zero-order valence-corrected chi connectivity index (χ0v) is 10.8. The average Bonchev–Trinajstić information content (AvgIpc) is 2.40. The minimum Gasteiger partial charge on any atom is -0.214 e.